The molecule has 0 unspecified atom stereocenters. The van der Waals surface area contributed by atoms with E-state index in [1.807, 2.05) is 36.4 Å². The average molecular weight is 578 g/mol. The van der Waals surface area contributed by atoms with E-state index in [1.165, 1.54) is 22.3 Å². The second-order valence-corrected chi connectivity index (χ2v) is 11.5. The van der Waals surface area contributed by atoms with Crippen molar-refractivity contribution in [1.82, 2.24) is 0 Å². The first kappa shape index (κ1) is 34.9. The molecule has 2 nitrogen and oxygen atoms in total. The molecule has 198 valence electrons. The number of hydrogen-bond donors (Lipinski definition) is 2. The number of aromatic hydroxyl groups is 2. The van der Waals surface area contributed by atoms with E-state index in [-0.39, 0.29) is 37.0 Å². The van der Waals surface area contributed by atoms with Crippen LogP contribution in [0.5, 0.6) is 11.5 Å². The zero-order chi connectivity index (χ0) is 27.5. The van der Waals surface area contributed by atoms with Gasteiger partial charge in [-0.15, -0.1) is 0 Å². The number of phenolic OH excluding ortho intramolecular Hbond substituents is 2. The van der Waals surface area contributed by atoms with E-state index in [4.69, 9.17) is 0 Å². The van der Waals surface area contributed by atoms with E-state index in [2.05, 4.69) is 93.5 Å². The molecule has 2 aromatic rings. The molecule has 37 heavy (non-hydrogen) atoms. The van der Waals surface area contributed by atoms with Gasteiger partial charge in [0.2, 0.25) is 0 Å². The summed E-state index contributed by atoms with van der Waals surface area (Å²) >= 11 is 0. The van der Waals surface area contributed by atoms with E-state index in [1.54, 1.807) is 12.1 Å². The molecule has 0 saturated heterocycles. The van der Waals surface area contributed by atoms with Crippen molar-refractivity contribution in [3.63, 3.8) is 0 Å². The predicted molar refractivity (Wildman–Crippen MR) is 155 cm³/mol. The molecule has 4 rings (SSSR count). The second kappa shape index (κ2) is 16.0. The minimum atomic E-state index is 0. The van der Waals surface area contributed by atoms with Gasteiger partial charge in [0.15, 0.2) is 0 Å². The number of rotatable bonds is 0. The van der Waals surface area contributed by atoms with E-state index < -0.39 is 0 Å². The Morgan fingerprint density at radius 2 is 0.865 bits per heavy atom. The SMILES string of the molecule is CC(C)(C)c1ccccc1O.CC(C)(C)c1ccccc1O.CC1=[C-]C(C)=CC1.CC1=[C-]C(C)=CC1.[Zr+2]. The Hall–Kier alpha value is -2.12. The summed E-state index contributed by atoms with van der Waals surface area (Å²) in [4.78, 5) is 0. The molecule has 0 aromatic heterocycles. The molecule has 0 heterocycles. The normalized spacial score (nSPS) is 14.1. The van der Waals surface area contributed by atoms with Gasteiger partial charge in [0.05, 0.1) is 0 Å². The van der Waals surface area contributed by atoms with Crippen LogP contribution in [-0.4, -0.2) is 10.2 Å². The molecule has 2 aliphatic carbocycles. The van der Waals surface area contributed by atoms with Crippen molar-refractivity contribution in [3.8, 4) is 11.5 Å². The molecule has 0 atom stereocenters. The van der Waals surface area contributed by atoms with Crippen LogP contribution in [0.1, 0.15) is 93.2 Å². The van der Waals surface area contributed by atoms with Crippen LogP contribution in [0.15, 0.2) is 83.0 Å². The van der Waals surface area contributed by atoms with Crippen molar-refractivity contribution in [1.29, 1.82) is 0 Å². The minimum Gasteiger partial charge on any atom is -0.508 e. The summed E-state index contributed by atoms with van der Waals surface area (Å²) in [5.41, 5.74) is 7.36. The topological polar surface area (TPSA) is 40.5 Å². The third-order valence-corrected chi connectivity index (χ3v) is 5.67. The van der Waals surface area contributed by atoms with Crippen molar-refractivity contribution < 1.29 is 36.4 Å². The van der Waals surface area contributed by atoms with E-state index in [0.717, 1.165) is 24.0 Å². The number of hydrogen-bond acceptors (Lipinski definition) is 2. The Bertz CT molecular complexity index is 1010. The van der Waals surface area contributed by atoms with Crippen molar-refractivity contribution in [2.24, 2.45) is 0 Å². The third-order valence-electron chi connectivity index (χ3n) is 5.67. The van der Waals surface area contributed by atoms with Crippen LogP contribution in [0.2, 0.25) is 0 Å². The van der Waals surface area contributed by atoms with Gasteiger partial charge in [-0.05, 0) is 34.1 Å². The van der Waals surface area contributed by atoms with Gasteiger partial charge in [-0.3, -0.25) is 12.2 Å². The molecule has 0 radical (unpaired) electrons. The van der Waals surface area contributed by atoms with Crippen molar-refractivity contribution in [2.45, 2.75) is 92.9 Å². The second-order valence-electron chi connectivity index (χ2n) is 11.5. The van der Waals surface area contributed by atoms with E-state index in [9.17, 15) is 10.2 Å². The molecule has 3 heteroatoms. The van der Waals surface area contributed by atoms with Gasteiger partial charge in [0, 0.05) is 0 Å². The predicted octanol–water partition coefficient (Wildman–Crippen LogP) is 9.55. The molecular formula is C34H46O2Zr. The summed E-state index contributed by atoms with van der Waals surface area (Å²) in [6.07, 6.45) is 13.0. The van der Waals surface area contributed by atoms with Crippen LogP contribution in [0, 0.1) is 12.2 Å². The maximum Gasteiger partial charge on any atom is 2.00 e. The van der Waals surface area contributed by atoms with Crippen molar-refractivity contribution in [3.05, 3.63) is 106 Å². The Kier molecular flexibility index (Phi) is 15.1. The number of benzene rings is 2. The molecule has 2 aliphatic rings. The summed E-state index contributed by atoms with van der Waals surface area (Å²) < 4.78 is 0. The van der Waals surface area contributed by atoms with Crippen LogP contribution < -0.4 is 0 Å². The van der Waals surface area contributed by atoms with Gasteiger partial charge in [-0.1, -0.05) is 118 Å². The third kappa shape index (κ3) is 13.8. The van der Waals surface area contributed by atoms with E-state index in [0.29, 0.717) is 11.5 Å². The van der Waals surface area contributed by atoms with Crippen LogP contribution >= 0.6 is 0 Å². The minimum absolute atomic E-state index is 0. The Labute approximate surface area is 246 Å². The molecule has 2 aromatic carbocycles. The van der Waals surface area contributed by atoms with Crippen LogP contribution in [-0.2, 0) is 37.0 Å². The molecule has 0 bridgehead atoms. The molecule has 0 spiro atoms. The van der Waals surface area contributed by atoms with Crippen molar-refractivity contribution >= 4 is 0 Å². The smallest absolute Gasteiger partial charge is 0.508 e. The number of allylic oxidation sites excluding steroid dienone is 8. The Morgan fingerprint density at radius 3 is 1.00 bits per heavy atom. The zero-order valence-electron chi connectivity index (χ0n) is 24.6. The average Bonchev–Trinajstić information content (AvgIpc) is 3.34. The van der Waals surface area contributed by atoms with Gasteiger partial charge < -0.3 is 10.2 Å². The summed E-state index contributed by atoms with van der Waals surface area (Å²) in [6, 6.07) is 14.9. The fraction of sp³-hybridized carbons (Fsp3) is 0.412. The van der Waals surface area contributed by atoms with Crippen LogP contribution in [0.3, 0.4) is 0 Å². The van der Waals surface area contributed by atoms with Crippen molar-refractivity contribution in [2.75, 3.05) is 0 Å². The van der Waals surface area contributed by atoms with Gasteiger partial charge in [0.25, 0.3) is 0 Å². The fourth-order valence-corrected chi connectivity index (χ4v) is 3.71. The first-order valence-corrected chi connectivity index (χ1v) is 12.7. The largest absolute Gasteiger partial charge is 2.00 e. The van der Waals surface area contributed by atoms with E-state index >= 15 is 0 Å². The van der Waals surface area contributed by atoms with Gasteiger partial charge in [-0.2, -0.15) is 11.1 Å². The van der Waals surface area contributed by atoms with Gasteiger partial charge >= 0.3 is 26.2 Å². The monoisotopic (exact) mass is 576 g/mol. The van der Waals surface area contributed by atoms with Gasteiger partial charge in [0.1, 0.15) is 11.5 Å². The molecular weight excluding hydrogens is 532 g/mol. The molecule has 2 N–H and O–H groups in total. The summed E-state index contributed by atoms with van der Waals surface area (Å²) in [5, 5.41) is 18.9. The Balaban J connectivity index is 0.000000473. The molecule has 0 saturated carbocycles. The Morgan fingerprint density at radius 1 is 0.568 bits per heavy atom. The quantitative estimate of drug-likeness (QED) is 0.306. The molecule has 0 aliphatic heterocycles. The standard InChI is InChI=1S/2C10H14O.2C7H9.Zr/c2*1-10(2,3)8-6-4-5-7-9(8)11;2*1-6-3-4-7(2)5-6;/h2*4-7,11H,1-3H3;2*3H,4H2,1-2H3;/q;;2*-1;+2. The van der Waals surface area contributed by atoms with Crippen LogP contribution in [0.4, 0.5) is 0 Å². The fourth-order valence-electron chi connectivity index (χ4n) is 3.71. The first-order chi connectivity index (χ1) is 16.6. The van der Waals surface area contributed by atoms with Crippen LogP contribution in [0.25, 0.3) is 0 Å². The number of para-hydroxylation sites is 2. The zero-order valence-corrected chi connectivity index (χ0v) is 27.0. The summed E-state index contributed by atoms with van der Waals surface area (Å²) in [6.45, 7) is 20.9. The molecule has 0 amide bonds. The maximum absolute atomic E-state index is 9.45. The molecule has 0 fully saturated rings. The first-order valence-electron chi connectivity index (χ1n) is 12.7. The summed E-state index contributed by atoms with van der Waals surface area (Å²) in [5.74, 6) is 0.778. The number of phenols is 2. The summed E-state index contributed by atoms with van der Waals surface area (Å²) in [7, 11) is 0. The maximum atomic E-state index is 9.45. The van der Waals surface area contributed by atoms with Gasteiger partial charge in [-0.25, -0.2) is 23.3 Å².